The van der Waals surface area contributed by atoms with Crippen LogP contribution in [0.3, 0.4) is 0 Å². The molecule has 0 radical (unpaired) electrons. The zero-order valence-electron chi connectivity index (χ0n) is 28.5. The maximum absolute atomic E-state index is 12.8. The Kier molecular flexibility index (Phi) is 18.8. The number of aryl methyl sites for hydroxylation is 2. The second-order valence-electron chi connectivity index (χ2n) is 11.0. The monoisotopic (exact) mass is 771 g/mol. The zero-order valence-corrected chi connectivity index (χ0v) is 30.1. The Morgan fingerprint density at radius 2 is 1.14 bits per heavy atom. The summed E-state index contributed by atoms with van der Waals surface area (Å²) >= 11 is 3.44. The van der Waals surface area contributed by atoms with E-state index in [-0.39, 0.29) is 19.2 Å². The van der Waals surface area contributed by atoms with Crippen LogP contribution in [-0.2, 0) is 33.0 Å². The lowest BCUT2D eigenvalue weighted by Crippen LogP contribution is -2.10. The quantitative estimate of drug-likeness (QED) is 0.0991. The first kappa shape index (κ1) is 44.6. The van der Waals surface area contributed by atoms with E-state index < -0.39 is 29.8 Å². The van der Waals surface area contributed by atoms with Crippen molar-refractivity contribution in [3.8, 4) is 0 Å². The third kappa shape index (κ3) is 14.8. The molecular formula is C39H48BrF6NO3. The van der Waals surface area contributed by atoms with Crippen LogP contribution in [-0.4, -0.2) is 19.8 Å². The number of alkyl halides is 6. The van der Waals surface area contributed by atoms with Gasteiger partial charge in [-0.3, -0.25) is 0 Å². The minimum atomic E-state index is -4.32. The highest BCUT2D eigenvalue weighted by molar-refractivity contribution is 9.10. The Hall–Kier alpha value is -3.38. The Morgan fingerprint density at radius 1 is 0.640 bits per heavy atom. The maximum atomic E-state index is 12.8. The summed E-state index contributed by atoms with van der Waals surface area (Å²) in [6.07, 6.45) is -8.40. The third-order valence-electron chi connectivity index (χ3n) is 7.19. The van der Waals surface area contributed by atoms with E-state index in [4.69, 9.17) is 19.9 Å². The summed E-state index contributed by atoms with van der Waals surface area (Å²) in [6, 6.07) is 22.1. The van der Waals surface area contributed by atoms with Gasteiger partial charge in [0.25, 0.3) is 0 Å². The average Bonchev–Trinajstić information content (AvgIpc) is 3.01. The molecule has 0 amide bonds. The molecule has 4 nitrogen and oxygen atoms in total. The van der Waals surface area contributed by atoms with Crippen molar-refractivity contribution in [1.82, 2.24) is 0 Å². The lowest BCUT2D eigenvalue weighted by molar-refractivity contribution is -0.140. The van der Waals surface area contributed by atoms with Gasteiger partial charge < -0.3 is 19.9 Å². The minimum Gasteiger partial charge on any atom is -0.399 e. The van der Waals surface area contributed by atoms with Crippen molar-refractivity contribution < 1.29 is 40.6 Å². The highest BCUT2D eigenvalue weighted by atomic mass is 79.9. The summed E-state index contributed by atoms with van der Waals surface area (Å²) in [5.41, 5.74) is 10.0. The molecule has 0 spiro atoms. The summed E-state index contributed by atoms with van der Waals surface area (Å²) in [5, 5.41) is 0. The number of nitrogens with two attached hydrogens (primary N) is 1. The van der Waals surface area contributed by atoms with Gasteiger partial charge in [-0.1, -0.05) is 71.9 Å². The fraction of sp³-hybridized carbons (Fsp3) is 0.385. The van der Waals surface area contributed by atoms with Crippen LogP contribution < -0.4 is 5.73 Å². The molecular weight excluding hydrogens is 724 g/mol. The summed E-state index contributed by atoms with van der Waals surface area (Å²) in [7, 11) is 0. The highest BCUT2D eigenvalue weighted by Gasteiger charge is 2.31. The molecule has 4 aromatic rings. The van der Waals surface area contributed by atoms with Gasteiger partial charge in [0.2, 0.25) is 0 Å². The van der Waals surface area contributed by atoms with Gasteiger partial charge in [-0.2, -0.15) is 26.3 Å². The van der Waals surface area contributed by atoms with Crippen molar-refractivity contribution in [2.45, 2.75) is 80.1 Å². The fourth-order valence-corrected chi connectivity index (χ4v) is 5.36. The Bertz CT molecular complexity index is 1590. The molecule has 4 rings (SSSR count). The number of hydrogen-bond acceptors (Lipinski definition) is 4. The molecule has 0 aliphatic carbocycles. The van der Waals surface area contributed by atoms with Gasteiger partial charge in [0, 0.05) is 35.5 Å². The first-order chi connectivity index (χ1) is 23.0. The van der Waals surface area contributed by atoms with Gasteiger partial charge in [0.15, 0.2) is 6.29 Å². The number of nitrogen functional groups attached to an aromatic ring is 1. The van der Waals surface area contributed by atoms with E-state index in [2.05, 4.69) is 48.0 Å². The standard InChI is InChI=1S/C20H23F3O2.C11H15BrO.C7H6F3N.CH4/c1-4-24-19(25-5-2)18-10-9-16(11-14(18)3)12-15-7-6-8-17(13-15)20(21,22)23;1-4-13-9(3)11-6-5-10(12)7-8(11)2;8-7(9,10)5-2-1-3-6(11)4-5;/h6-11,13,19H,4-5,12H2,1-3H3;5-7,9H,4H2,1-3H3;1-4H,11H2;1H4. The lowest BCUT2D eigenvalue weighted by Gasteiger charge is -2.20. The summed E-state index contributed by atoms with van der Waals surface area (Å²) < 4.78 is 92.1. The van der Waals surface area contributed by atoms with Crippen molar-refractivity contribution in [3.63, 3.8) is 0 Å². The van der Waals surface area contributed by atoms with Crippen molar-refractivity contribution in [2.24, 2.45) is 0 Å². The first-order valence-electron chi connectivity index (χ1n) is 15.8. The normalized spacial score (nSPS) is 11.9. The number of anilines is 1. The summed E-state index contributed by atoms with van der Waals surface area (Å²) in [5.74, 6) is 0. The summed E-state index contributed by atoms with van der Waals surface area (Å²) in [6.45, 7) is 13.8. The van der Waals surface area contributed by atoms with Crippen LogP contribution in [0.15, 0.2) is 89.4 Å². The molecule has 4 aromatic carbocycles. The highest BCUT2D eigenvalue weighted by Crippen LogP contribution is 2.31. The van der Waals surface area contributed by atoms with Crippen LogP contribution in [0.5, 0.6) is 0 Å². The molecule has 0 aliphatic rings. The minimum absolute atomic E-state index is 0. The topological polar surface area (TPSA) is 53.7 Å². The van der Waals surface area contributed by atoms with Gasteiger partial charge >= 0.3 is 12.4 Å². The molecule has 0 aliphatic heterocycles. The molecule has 0 fully saturated rings. The van der Waals surface area contributed by atoms with Crippen molar-refractivity contribution in [2.75, 3.05) is 25.6 Å². The van der Waals surface area contributed by atoms with E-state index in [9.17, 15) is 26.3 Å². The Labute approximate surface area is 301 Å². The summed E-state index contributed by atoms with van der Waals surface area (Å²) in [4.78, 5) is 0. The van der Waals surface area contributed by atoms with Gasteiger partial charge in [0.05, 0.1) is 17.2 Å². The van der Waals surface area contributed by atoms with Gasteiger partial charge in [-0.25, -0.2) is 0 Å². The van der Waals surface area contributed by atoms with Crippen LogP contribution in [0.4, 0.5) is 32.0 Å². The Balaban J connectivity index is 0.000000418. The molecule has 11 heteroatoms. The average molecular weight is 773 g/mol. The zero-order chi connectivity index (χ0) is 36.8. The number of rotatable bonds is 10. The molecule has 0 saturated heterocycles. The van der Waals surface area contributed by atoms with Gasteiger partial charge in [-0.15, -0.1) is 0 Å². The molecule has 0 aromatic heterocycles. The second-order valence-corrected chi connectivity index (χ2v) is 11.9. The maximum Gasteiger partial charge on any atom is 0.416 e. The van der Waals surface area contributed by atoms with Crippen LogP contribution in [0.2, 0.25) is 0 Å². The Morgan fingerprint density at radius 3 is 1.62 bits per heavy atom. The smallest absolute Gasteiger partial charge is 0.399 e. The van der Waals surface area contributed by atoms with Gasteiger partial charge in [0.1, 0.15) is 0 Å². The van der Waals surface area contributed by atoms with E-state index in [1.54, 1.807) is 6.07 Å². The second kappa shape index (κ2) is 21.1. The van der Waals surface area contributed by atoms with Crippen molar-refractivity contribution >= 4 is 21.6 Å². The fourth-order valence-electron chi connectivity index (χ4n) is 4.89. The number of hydrogen-bond donors (Lipinski definition) is 1. The van der Waals surface area contributed by atoms with Crippen molar-refractivity contribution in [1.29, 1.82) is 0 Å². The van der Waals surface area contributed by atoms with Crippen molar-refractivity contribution in [3.05, 3.63) is 134 Å². The molecule has 1 unspecified atom stereocenters. The molecule has 0 heterocycles. The molecule has 276 valence electrons. The lowest BCUT2D eigenvalue weighted by atomic mass is 9.98. The molecule has 50 heavy (non-hydrogen) atoms. The van der Waals surface area contributed by atoms with E-state index in [1.165, 1.54) is 35.4 Å². The number of benzene rings is 4. The molecule has 1 atom stereocenters. The van der Waals surface area contributed by atoms with Crippen LogP contribution in [0.25, 0.3) is 0 Å². The van der Waals surface area contributed by atoms with Crippen LogP contribution in [0, 0.1) is 13.8 Å². The van der Waals surface area contributed by atoms with E-state index in [1.807, 2.05) is 45.9 Å². The van der Waals surface area contributed by atoms with Gasteiger partial charge in [-0.05, 0) is 112 Å². The molecule has 0 saturated carbocycles. The molecule has 2 N–H and O–H groups in total. The first-order valence-corrected chi connectivity index (χ1v) is 16.6. The van der Waals surface area contributed by atoms with Crippen LogP contribution >= 0.6 is 15.9 Å². The number of ether oxygens (including phenoxy) is 3. The largest absolute Gasteiger partial charge is 0.416 e. The van der Waals surface area contributed by atoms with Crippen LogP contribution in [0.1, 0.15) is 92.0 Å². The third-order valence-corrected chi connectivity index (χ3v) is 7.68. The predicted molar refractivity (Wildman–Crippen MR) is 193 cm³/mol. The molecule has 0 bridgehead atoms. The van der Waals surface area contributed by atoms with E-state index in [0.717, 1.165) is 46.0 Å². The number of halogens is 7. The predicted octanol–water partition coefficient (Wildman–Crippen LogP) is 12.5. The van der Waals surface area contributed by atoms with E-state index in [0.29, 0.717) is 25.2 Å². The van der Waals surface area contributed by atoms with E-state index >= 15 is 0 Å². The SMILES string of the molecule is C.CCOC(C)c1ccc(Br)cc1C.CCOC(OCC)c1ccc(Cc2cccc(C(F)(F)F)c2)cc1C.Nc1cccc(C(F)(F)F)c1.